The van der Waals surface area contributed by atoms with Gasteiger partial charge in [-0.2, -0.15) is 0 Å². The normalized spacial score (nSPS) is 16.5. The van der Waals surface area contributed by atoms with Crippen molar-refractivity contribution in [2.75, 3.05) is 38.2 Å². The molecule has 1 aliphatic rings. The van der Waals surface area contributed by atoms with Crippen LogP contribution >= 0.6 is 11.6 Å². The molecule has 3 rings (SSSR count). The van der Waals surface area contributed by atoms with Crippen molar-refractivity contribution in [3.05, 3.63) is 59.1 Å². The topological polar surface area (TPSA) is 53.0 Å². The standard InChI is InChI=1S/C19H21ClN2O3/c1-25-19(24)18(14-6-2-3-7-15(14)20)22-12-10-21(11-13-22)16-8-4-5-9-17(16)23/h2-9,18,23H,10-13H2,1H3/t18-/m0/s1. The molecule has 1 aliphatic heterocycles. The van der Waals surface area contributed by atoms with Crippen LogP contribution in [0.5, 0.6) is 5.75 Å². The van der Waals surface area contributed by atoms with Crippen LogP contribution < -0.4 is 4.90 Å². The Kier molecular flexibility index (Phi) is 5.46. The van der Waals surface area contributed by atoms with E-state index in [1.165, 1.54) is 7.11 Å². The highest BCUT2D eigenvalue weighted by Crippen LogP contribution is 2.32. The molecule has 0 aromatic heterocycles. The Bertz CT molecular complexity index is 745. The molecule has 1 heterocycles. The molecule has 5 nitrogen and oxygen atoms in total. The van der Waals surface area contributed by atoms with Gasteiger partial charge in [0.15, 0.2) is 0 Å². The van der Waals surface area contributed by atoms with E-state index in [1.54, 1.807) is 18.2 Å². The molecule has 2 aromatic rings. The van der Waals surface area contributed by atoms with Crippen molar-refractivity contribution in [1.82, 2.24) is 4.90 Å². The molecule has 1 saturated heterocycles. The lowest BCUT2D eigenvalue weighted by Crippen LogP contribution is -2.49. The Morgan fingerprint density at radius 3 is 2.36 bits per heavy atom. The molecule has 0 unspecified atom stereocenters. The van der Waals surface area contributed by atoms with E-state index in [1.807, 2.05) is 30.3 Å². The number of anilines is 1. The number of hydrogen-bond donors (Lipinski definition) is 1. The predicted octanol–water partition coefficient (Wildman–Crippen LogP) is 3.08. The van der Waals surface area contributed by atoms with Crippen LogP contribution in [-0.4, -0.2) is 49.3 Å². The number of nitrogens with zero attached hydrogens (tertiary/aromatic N) is 2. The molecule has 0 bridgehead atoms. The number of phenols is 1. The van der Waals surface area contributed by atoms with Gasteiger partial charge in [-0.25, -0.2) is 4.79 Å². The number of piperazine rings is 1. The zero-order valence-corrected chi connectivity index (χ0v) is 14.8. The minimum Gasteiger partial charge on any atom is -0.506 e. The Morgan fingerprint density at radius 1 is 1.08 bits per heavy atom. The number of benzene rings is 2. The van der Waals surface area contributed by atoms with E-state index < -0.39 is 6.04 Å². The Labute approximate surface area is 152 Å². The fourth-order valence-corrected chi connectivity index (χ4v) is 3.47. The number of hydrogen-bond acceptors (Lipinski definition) is 5. The van der Waals surface area contributed by atoms with E-state index in [0.717, 1.165) is 11.3 Å². The maximum Gasteiger partial charge on any atom is 0.327 e. The third kappa shape index (κ3) is 3.72. The molecule has 1 atom stereocenters. The summed E-state index contributed by atoms with van der Waals surface area (Å²) in [5.74, 6) is -0.0457. The Hall–Kier alpha value is -2.24. The Balaban J connectivity index is 1.78. The van der Waals surface area contributed by atoms with E-state index in [-0.39, 0.29) is 11.7 Å². The molecule has 1 N–H and O–H groups in total. The number of esters is 1. The van der Waals surface area contributed by atoms with Gasteiger partial charge >= 0.3 is 5.97 Å². The van der Waals surface area contributed by atoms with Crippen LogP contribution in [0.4, 0.5) is 5.69 Å². The Morgan fingerprint density at radius 2 is 1.72 bits per heavy atom. The second-order valence-electron chi connectivity index (χ2n) is 5.96. The van der Waals surface area contributed by atoms with Crippen LogP contribution in [0.15, 0.2) is 48.5 Å². The lowest BCUT2D eigenvalue weighted by atomic mass is 10.0. The first-order valence-electron chi connectivity index (χ1n) is 8.21. The van der Waals surface area contributed by atoms with E-state index in [0.29, 0.717) is 31.2 Å². The van der Waals surface area contributed by atoms with Gasteiger partial charge in [-0.05, 0) is 23.8 Å². The second-order valence-corrected chi connectivity index (χ2v) is 6.37. The monoisotopic (exact) mass is 360 g/mol. The van der Waals surface area contributed by atoms with Gasteiger partial charge in [0.05, 0.1) is 12.8 Å². The van der Waals surface area contributed by atoms with Gasteiger partial charge in [0, 0.05) is 31.2 Å². The summed E-state index contributed by atoms with van der Waals surface area (Å²) in [6, 6.07) is 14.1. The van der Waals surface area contributed by atoms with Gasteiger partial charge < -0.3 is 14.7 Å². The number of carbonyl (C=O) groups excluding carboxylic acids is 1. The molecule has 1 fully saturated rings. The van der Waals surface area contributed by atoms with Crippen molar-refractivity contribution < 1.29 is 14.6 Å². The summed E-state index contributed by atoms with van der Waals surface area (Å²) in [5, 5.41) is 10.6. The maximum atomic E-state index is 12.4. The van der Waals surface area contributed by atoms with E-state index in [2.05, 4.69) is 9.80 Å². The average molecular weight is 361 g/mol. The molecule has 25 heavy (non-hydrogen) atoms. The smallest absolute Gasteiger partial charge is 0.327 e. The number of rotatable bonds is 4. The number of carbonyl (C=O) groups is 1. The first kappa shape index (κ1) is 17.6. The summed E-state index contributed by atoms with van der Waals surface area (Å²) in [5.41, 5.74) is 1.57. The lowest BCUT2D eigenvalue weighted by Gasteiger charge is -2.39. The van der Waals surface area contributed by atoms with E-state index >= 15 is 0 Å². The van der Waals surface area contributed by atoms with Gasteiger partial charge in [-0.3, -0.25) is 4.90 Å². The van der Waals surface area contributed by atoms with Crippen molar-refractivity contribution in [2.24, 2.45) is 0 Å². The van der Waals surface area contributed by atoms with Crippen molar-refractivity contribution >= 4 is 23.3 Å². The molecule has 0 spiro atoms. The summed E-state index contributed by atoms with van der Waals surface area (Å²) in [7, 11) is 1.39. The highest BCUT2D eigenvalue weighted by atomic mass is 35.5. The van der Waals surface area contributed by atoms with Gasteiger partial charge in [0.2, 0.25) is 0 Å². The maximum absolute atomic E-state index is 12.4. The molecule has 0 radical (unpaired) electrons. The molecule has 0 amide bonds. The van der Waals surface area contributed by atoms with Gasteiger partial charge in [0.25, 0.3) is 0 Å². The van der Waals surface area contributed by atoms with Crippen molar-refractivity contribution in [3.63, 3.8) is 0 Å². The van der Waals surface area contributed by atoms with E-state index in [9.17, 15) is 9.90 Å². The molecule has 132 valence electrons. The molecular weight excluding hydrogens is 340 g/mol. The van der Waals surface area contributed by atoms with Crippen LogP contribution in [0.3, 0.4) is 0 Å². The molecule has 0 aliphatic carbocycles. The molecule has 0 saturated carbocycles. The van der Waals surface area contributed by atoms with Gasteiger partial charge in [-0.15, -0.1) is 0 Å². The van der Waals surface area contributed by atoms with Gasteiger partial charge in [0.1, 0.15) is 11.8 Å². The number of para-hydroxylation sites is 2. The summed E-state index contributed by atoms with van der Waals surface area (Å²) in [6.07, 6.45) is 0. The van der Waals surface area contributed by atoms with Crippen molar-refractivity contribution in [2.45, 2.75) is 6.04 Å². The second kappa shape index (κ2) is 7.76. The average Bonchev–Trinajstić information content (AvgIpc) is 2.64. The fraction of sp³-hybridized carbons (Fsp3) is 0.316. The zero-order chi connectivity index (χ0) is 17.8. The first-order chi connectivity index (χ1) is 12.1. The highest BCUT2D eigenvalue weighted by molar-refractivity contribution is 6.31. The highest BCUT2D eigenvalue weighted by Gasteiger charge is 2.32. The van der Waals surface area contributed by atoms with Crippen molar-refractivity contribution in [1.29, 1.82) is 0 Å². The molecule has 2 aromatic carbocycles. The van der Waals surface area contributed by atoms with Crippen LogP contribution in [0.1, 0.15) is 11.6 Å². The first-order valence-corrected chi connectivity index (χ1v) is 8.59. The van der Waals surface area contributed by atoms with Crippen LogP contribution in [0.2, 0.25) is 5.02 Å². The molecule has 6 heteroatoms. The number of ether oxygens (including phenoxy) is 1. The van der Waals surface area contributed by atoms with Crippen LogP contribution in [-0.2, 0) is 9.53 Å². The third-order valence-electron chi connectivity index (χ3n) is 4.53. The minimum atomic E-state index is -0.523. The summed E-state index contributed by atoms with van der Waals surface area (Å²) in [4.78, 5) is 16.6. The number of halogens is 1. The summed E-state index contributed by atoms with van der Waals surface area (Å²) in [6.45, 7) is 2.74. The van der Waals surface area contributed by atoms with E-state index in [4.69, 9.17) is 16.3 Å². The largest absolute Gasteiger partial charge is 0.506 e. The third-order valence-corrected chi connectivity index (χ3v) is 4.87. The fourth-order valence-electron chi connectivity index (χ4n) is 3.23. The van der Waals surface area contributed by atoms with Crippen LogP contribution in [0, 0.1) is 0 Å². The quantitative estimate of drug-likeness (QED) is 0.849. The predicted molar refractivity (Wildman–Crippen MR) is 98.1 cm³/mol. The SMILES string of the molecule is COC(=O)[C@H](c1ccccc1Cl)N1CCN(c2ccccc2O)CC1. The number of phenolic OH excluding ortho intramolecular Hbond substituents is 1. The minimum absolute atomic E-state index is 0.270. The zero-order valence-electron chi connectivity index (χ0n) is 14.1. The lowest BCUT2D eigenvalue weighted by molar-refractivity contribution is -0.147. The van der Waals surface area contributed by atoms with Crippen LogP contribution in [0.25, 0.3) is 0 Å². The summed E-state index contributed by atoms with van der Waals surface area (Å²) < 4.78 is 5.01. The molecular formula is C19H21ClN2O3. The summed E-state index contributed by atoms with van der Waals surface area (Å²) >= 11 is 6.31. The van der Waals surface area contributed by atoms with Gasteiger partial charge in [-0.1, -0.05) is 41.9 Å². The van der Waals surface area contributed by atoms with Crippen molar-refractivity contribution in [3.8, 4) is 5.75 Å². The number of methoxy groups -OCH3 is 1. The number of aromatic hydroxyl groups is 1.